The summed E-state index contributed by atoms with van der Waals surface area (Å²) in [5, 5.41) is 10.9. The van der Waals surface area contributed by atoms with Gasteiger partial charge in [0, 0.05) is 17.9 Å². The lowest BCUT2D eigenvalue weighted by Crippen LogP contribution is -2.62. The first-order valence-electron chi connectivity index (χ1n) is 13.7. The van der Waals surface area contributed by atoms with Crippen LogP contribution < -0.4 is 0 Å². The van der Waals surface area contributed by atoms with Gasteiger partial charge in [-0.3, -0.25) is 4.90 Å². The standard InChI is InChI=1S/C35H35NO4/c1-34(2,3)35(32(37)38,26-16-8-5-9-17-26)36(23-22-25-14-6-4-7-15-25)33(39)40-24-31-29-20-12-10-18-27(29)28-19-11-13-21-30(28)31/h4-21,31H,22-24H2,1-3H3,(H,37,38). The van der Waals surface area contributed by atoms with Crippen LogP contribution >= 0.6 is 0 Å². The topological polar surface area (TPSA) is 66.8 Å². The number of amides is 1. The van der Waals surface area contributed by atoms with E-state index in [-0.39, 0.29) is 19.1 Å². The van der Waals surface area contributed by atoms with Crippen LogP contribution in [0.15, 0.2) is 109 Å². The monoisotopic (exact) mass is 533 g/mol. The minimum Gasteiger partial charge on any atom is -0.479 e. The summed E-state index contributed by atoms with van der Waals surface area (Å²) < 4.78 is 6.09. The minimum absolute atomic E-state index is 0.114. The number of rotatable bonds is 8. The third-order valence-electron chi connectivity index (χ3n) is 8.01. The zero-order chi connectivity index (χ0) is 28.3. The molecule has 0 radical (unpaired) electrons. The van der Waals surface area contributed by atoms with Gasteiger partial charge >= 0.3 is 12.1 Å². The molecule has 4 aromatic rings. The summed E-state index contributed by atoms with van der Waals surface area (Å²) in [4.78, 5) is 29.0. The lowest BCUT2D eigenvalue weighted by Gasteiger charge is -2.48. The molecule has 5 rings (SSSR count). The molecule has 0 spiro atoms. The number of fused-ring (bicyclic) bond motifs is 3. The molecule has 40 heavy (non-hydrogen) atoms. The van der Waals surface area contributed by atoms with Crippen LogP contribution in [-0.2, 0) is 21.5 Å². The zero-order valence-corrected chi connectivity index (χ0v) is 23.2. The molecule has 1 amide bonds. The molecule has 0 bridgehead atoms. The molecule has 1 aliphatic carbocycles. The van der Waals surface area contributed by atoms with Gasteiger partial charge in [-0.25, -0.2) is 9.59 Å². The molecule has 5 nitrogen and oxygen atoms in total. The van der Waals surface area contributed by atoms with E-state index in [0.717, 1.165) is 27.8 Å². The average Bonchev–Trinajstić information content (AvgIpc) is 3.27. The molecule has 0 heterocycles. The Morgan fingerprint density at radius 3 is 1.77 bits per heavy atom. The summed E-state index contributed by atoms with van der Waals surface area (Å²) in [6, 6.07) is 35.2. The van der Waals surface area contributed by atoms with E-state index in [0.29, 0.717) is 12.0 Å². The van der Waals surface area contributed by atoms with Crippen molar-refractivity contribution in [2.24, 2.45) is 5.41 Å². The Labute approximate surface area is 236 Å². The molecule has 0 fully saturated rings. The number of nitrogens with zero attached hydrogens (tertiary/aromatic N) is 1. The molecule has 0 saturated carbocycles. The predicted octanol–water partition coefficient (Wildman–Crippen LogP) is 7.51. The van der Waals surface area contributed by atoms with Gasteiger partial charge in [-0.15, -0.1) is 0 Å². The van der Waals surface area contributed by atoms with Gasteiger partial charge in [0.25, 0.3) is 0 Å². The van der Waals surface area contributed by atoms with Gasteiger partial charge in [-0.1, -0.05) is 130 Å². The average molecular weight is 534 g/mol. The number of hydrogen-bond donors (Lipinski definition) is 1. The molecule has 4 aromatic carbocycles. The fourth-order valence-electron chi connectivity index (χ4n) is 6.19. The van der Waals surface area contributed by atoms with Gasteiger partial charge in [0.1, 0.15) is 6.61 Å². The summed E-state index contributed by atoms with van der Waals surface area (Å²) in [7, 11) is 0. The van der Waals surface area contributed by atoms with E-state index < -0.39 is 23.0 Å². The Morgan fingerprint density at radius 2 is 1.25 bits per heavy atom. The van der Waals surface area contributed by atoms with Gasteiger partial charge in [-0.2, -0.15) is 0 Å². The Morgan fingerprint density at radius 1 is 0.750 bits per heavy atom. The van der Waals surface area contributed by atoms with E-state index in [4.69, 9.17) is 4.74 Å². The zero-order valence-electron chi connectivity index (χ0n) is 23.2. The maximum absolute atomic E-state index is 14.2. The summed E-state index contributed by atoms with van der Waals surface area (Å²) in [5.41, 5.74) is 3.52. The van der Waals surface area contributed by atoms with E-state index >= 15 is 0 Å². The van der Waals surface area contributed by atoms with E-state index in [1.165, 1.54) is 4.90 Å². The van der Waals surface area contributed by atoms with E-state index in [1.54, 1.807) is 12.1 Å². The molecule has 0 aliphatic heterocycles. The second kappa shape index (κ2) is 11.0. The Balaban J connectivity index is 1.53. The molecule has 204 valence electrons. The van der Waals surface area contributed by atoms with Crippen LogP contribution in [0.5, 0.6) is 0 Å². The van der Waals surface area contributed by atoms with Crippen LogP contribution in [0.2, 0.25) is 0 Å². The third-order valence-corrected chi connectivity index (χ3v) is 8.01. The number of carboxylic acids is 1. The third kappa shape index (κ3) is 4.77. The van der Waals surface area contributed by atoms with Crippen molar-refractivity contribution in [1.29, 1.82) is 0 Å². The first kappa shape index (κ1) is 27.2. The van der Waals surface area contributed by atoms with Gasteiger partial charge in [0.05, 0.1) is 0 Å². The van der Waals surface area contributed by atoms with Crippen LogP contribution in [0.3, 0.4) is 0 Å². The number of hydrogen-bond acceptors (Lipinski definition) is 3. The first-order chi connectivity index (χ1) is 19.2. The van der Waals surface area contributed by atoms with Crippen molar-refractivity contribution in [2.45, 2.75) is 38.6 Å². The SMILES string of the molecule is CC(C)(C)C(C(=O)O)(c1ccccc1)N(CCc1ccccc1)C(=O)OCC1c2ccccc2-c2ccccc21. The molecule has 1 unspecified atom stereocenters. The van der Waals surface area contributed by atoms with E-state index in [1.807, 2.05) is 93.6 Å². The van der Waals surface area contributed by atoms with Crippen molar-refractivity contribution < 1.29 is 19.4 Å². The second-order valence-electron chi connectivity index (χ2n) is 11.3. The summed E-state index contributed by atoms with van der Waals surface area (Å²) in [5.74, 6) is -1.22. The van der Waals surface area contributed by atoms with Gasteiger partial charge < -0.3 is 9.84 Å². The lowest BCUT2D eigenvalue weighted by molar-refractivity contribution is -0.160. The first-order valence-corrected chi connectivity index (χ1v) is 13.7. The molecular weight excluding hydrogens is 498 g/mol. The van der Waals surface area contributed by atoms with E-state index in [9.17, 15) is 14.7 Å². The van der Waals surface area contributed by atoms with Crippen LogP contribution in [0, 0.1) is 5.41 Å². The highest BCUT2D eigenvalue weighted by molar-refractivity contribution is 5.87. The molecule has 0 saturated heterocycles. The highest BCUT2D eigenvalue weighted by atomic mass is 16.6. The molecule has 1 N–H and O–H groups in total. The quantitative estimate of drug-likeness (QED) is 0.255. The summed E-state index contributed by atoms with van der Waals surface area (Å²) in [6.07, 6.45) is -0.151. The van der Waals surface area contributed by atoms with Crippen LogP contribution in [0.4, 0.5) is 4.79 Å². The number of ether oxygens (including phenoxy) is 1. The molecule has 1 atom stereocenters. The van der Waals surface area contributed by atoms with Crippen molar-refractivity contribution in [3.63, 3.8) is 0 Å². The minimum atomic E-state index is -1.66. The van der Waals surface area contributed by atoms with E-state index in [2.05, 4.69) is 24.3 Å². The summed E-state index contributed by atoms with van der Waals surface area (Å²) in [6.45, 7) is 5.88. The fraction of sp³-hybridized carbons (Fsp3) is 0.257. The molecule has 1 aliphatic rings. The van der Waals surface area contributed by atoms with Crippen molar-refractivity contribution in [2.75, 3.05) is 13.2 Å². The second-order valence-corrected chi connectivity index (χ2v) is 11.3. The Bertz CT molecular complexity index is 1450. The Kier molecular flexibility index (Phi) is 7.49. The number of carbonyl (C=O) groups is 2. The highest BCUT2D eigenvalue weighted by Crippen LogP contribution is 2.47. The predicted molar refractivity (Wildman–Crippen MR) is 157 cm³/mol. The van der Waals surface area contributed by atoms with Crippen molar-refractivity contribution in [3.05, 3.63) is 131 Å². The molecule has 0 aromatic heterocycles. The normalized spacial score (nSPS) is 14.1. The van der Waals surface area contributed by atoms with Gasteiger partial charge in [0.2, 0.25) is 0 Å². The van der Waals surface area contributed by atoms with Gasteiger partial charge in [-0.05, 0) is 39.8 Å². The van der Waals surface area contributed by atoms with Crippen LogP contribution in [-0.4, -0.2) is 35.2 Å². The largest absolute Gasteiger partial charge is 0.479 e. The maximum atomic E-state index is 14.2. The lowest BCUT2D eigenvalue weighted by atomic mass is 9.68. The summed E-state index contributed by atoms with van der Waals surface area (Å²) >= 11 is 0. The highest BCUT2D eigenvalue weighted by Gasteiger charge is 2.57. The number of aliphatic carboxylic acids is 1. The smallest absolute Gasteiger partial charge is 0.411 e. The molecular formula is C35H35NO4. The van der Waals surface area contributed by atoms with Crippen molar-refractivity contribution in [1.82, 2.24) is 4.90 Å². The number of carbonyl (C=O) groups excluding carboxylic acids is 1. The van der Waals surface area contributed by atoms with Crippen molar-refractivity contribution >= 4 is 12.1 Å². The number of carboxylic acid groups (broad SMARTS) is 1. The van der Waals surface area contributed by atoms with Crippen LogP contribution in [0.25, 0.3) is 11.1 Å². The number of benzene rings is 4. The van der Waals surface area contributed by atoms with Gasteiger partial charge in [0.15, 0.2) is 5.54 Å². The fourth-order valence-corrected chi connectivity index (χ4v) is 6.19. The Hall–Kier alpha value is -4.38. The van der Waals surface area contributed by atoms with Crippen molar-refractivity contribution in [3.8, 4) is 11.1 Å². The molecule has 5 heteroatoms. The van der Waals surface area contributed by atoms with Crippen LogP contribution in [0.1, 0.15) is 48.9 Å². The maximum Gasteiger partial charge on any atom is 0.411 e.